The summed E-state index contributed by atoms with van der Waals surface area (Å²) < 4.78 is 1.11. The van der Waals surface area contributed by atoms with Crippen LogP contribution in [0.25, 0.3) is 20.7 Å². The van der Waals surface area contributed by atoms with Crippen LogP contribution in [0.15, 0.2) is 30.5 Å². The van der Waals surface area contributed by atoms with E-state index in [4.69, 9.17) is 4.98 Å². The number of benzene rings is 1. The quantitative estimate of drug-likeness (QED) is 0.276. The monoisotopic (exact) mass is 585 g/mol. The van der Waals surface area contributed by atoms with E-state index in [0.29, 0.717) is 12.0 Å². The number of aryl methyl sites for hydroxylation is 1. The molecule has 37 heavy (non-hydrogen) atoms. The van der Waals surface area contributed by atoms with Gasteiger partial charge in [0.05, 0.1) is 10.6 Å². The Bertz CT molecular complexity index is 1180. The lowest BCUT2D eigenvalue weighted by Crippen LogP contribution is -2.25. The number of carbonyl (C=O) groups excluding carboxylic acids is 1. The van der Waals surface area contributed by atoms with Crippen molar-refractivity contribution in [3.05, 3.63) is 41.6 Å². The number of halogens is 3. The van der Waals surface area contributed by atoms with Gasteiger partial charge in [-0.15, -0.1) is 48.6 Å². The normalized spacial score (nSPS) is 17.1. The largest absolute Gasteiger partial charge is 0.354 e. The van der Waals surface area contributed by atoms with Gasteiger partial charge in [0, 0.05) is 41.0 Å². The van der Waals surface area contributed by atoms with Crippen LogP contribution in [0.1, 0.15) is 55.5 Å². The van der Waals surface area contributed by atoms with Crippen molar-refractivity contribution in [3.8, 4) is 10.6 Å². The van der Waals surface area contributed by atoms with Crippen LogP contribution < -0.4 is 10.6 Å². The maximum absolute atomic E-state index is 12.7. The fourth-order valence-corrected chi connectivity index (χ4v) is 5.90. The summed E-state index contributed by atoms with van der Waals surface area (Å²) in [6.45, 7) is 11.2. The van der Waals surface area contributed by atoms with E-state index in [-0.39, 0.29) is 43.1 Å². The Kier molecular flexibility index (Phi) is 11.9. The maximum atomic E-state index is 12.7. The number of fused-ring (bicyclic) bond motifs is 1. The van der Waals surface area contributed by atoms with Gasteiger partial charge in [-0.05, 0) is 81.3 Å². The van der Waals surface area contributed by atoms with Crippen LogP contribution in [-0.4, -0.2) is 53.0 Å². The average Bonchev–Trinajstić information content (AvgIpc) is 3.32. The third kappa shape index (κ3) is 7.70. The van der Waals surface area contributed by atoms with Crippen LogP contribution in [0.2, 0.25) is 0 Å². The van der Waals surface area contributed by atoms with Crippen LogP contribution in [0.4, 0.5) is 5.95 Å². The molecular weight excluding hydrogens is 549 g/mol. The molecule has 2 N–H and O–H groups in total. The molecule has 1 aliphatic carbocycles. The Morgan fingerprint density at radius 2 is 1.97 bits per heavy atom. The van der Waals surface area contributed by atoms with E-state index in [0.717, 1.165) is 76.0 Å². The molecule has 1 saturated heterocycles. The van der Waals surface area contributed by atoms with Crippen molar-refractivity contribution in [1.29, 1.82) is 0 Å². The SMILES string of the molecule is Cc1cnc(NCCCN2CC[C@H](C(C)C)C2)nc1-c1cc2c(C(=O)NC3CC3)cccc2s1.Cl.Cl.Cl. The summed E-state index contributed by atoms with van der Waals surface area (Å²) in [5, 5.41) is 7.54. The van der Waals surface area contributed by atoms with E-state index in [9.17, 15) is 4.79 Å². The van der Waals surface area contributed by atoms with Crippen molar-refractivity contribution in [2.75, 3.05) is 31.5 Å². The molecule has 3 aromatic rings. The molecule has 1 aliphatic heterocycles. The molecule has 2 aliphatic rings. The highest BCUT2D eigenvalue weighted by Gasteiger charge is 2.25. The van der Waals surface area contributed by atoms with Gasteiger partial charge >= 0.3 is 0 Å². The zero-order valence-corrected chi connectivity index (χ0v) is 24.9. The fourth-order valence-electron chi connectivity index (χ4n) is 4.76. The van der Waals surface area contributed by atoms with Gasteiger partial charge in [-0.1, -0.05) is 19.9 Å². The van der Waals surface area contributed by atoms with Crippen molar-refractivity contribution in [2.24, 2.45) is 11.8 Å². The van der Waals surface area contributed by atoms with E-state index in [2.05, 4.69) is 46.5 Å². The number of likely N-dealkylation sites (tertiary alicyclic amines) is 1. The summed E-state index contributed by atoms with van der Waals surface area (Å²) in [7, 11) is 0. The van der Waals surface area contributed by atoms with E-state index in [1.165, 1.54) is 19.5 Å². The van der Waals surface area contributed by atoms with Crippen LogP contribution >= 0.6 is 48.6 Å². The Labute approximate surface area is 242 Å². The molecule has 5 rings (SSSR count). The molecule has 1 amide bonds. The summed E-state index contributed by atoms with van der Waals surface area (Å²) in [6, 6.07) is 8.42. The Balaban J connectivity index is 0.00000160. The minimum atomic E-state index is 0. The highest BCUT2D eigenvalue weighted by molar-refractivity contribution is 7.22. The molecule has 0 bridgehead atoms. The first kappa shape index (κ1) is 31.6. The molecule has 10 heteroatoms. The van der Waals surface area contributed by atoms with Gasteiger partial charge in [0.25, 0.3) is 5.91 Å². The second-order valence-corrected chi connectivity index (χ2v) is 11.3. The number of hydrogen-bond donors (Lipinski definition) is 2. The van der Waals surface area contributed by atoms with Crippen molar-refractivity contribution in [3.63, 3.8) is 0 Å². The number of thiophene rings is 1. The molecule has 2 fully saturated rings. The van der Waals surface area contributed by atoms with Crippen molar-refractivity contribution < 1.29 is 4.79 Å². The number of nitrogens with one attached hydrogen (secondary N) is 2. The minimum absolute atomic E-state index is 0. The van der Waals surface area contributed by atoms with Gasteiger partial charge in [0.1, 0.15) is 0 Å². The Morgan fingerprint density at radius 1 is 1.19 bits per heavy atom. The Morgan fingerprint density at radius 3 is 2.68 bits per heavy atom. The highest BCUT2D eigenvalue weighted by Crippen LogP contribution is 2.36. The predicted molar refractivity (Wildman–Crippen MR) is 162 cm³/mol. The standard InChI is InChI=1S/C27H35N5OS.3ClH/c1-17(2)19-10-13-32(16-19)12-5-11-28-27-29-15-18(3)25(31-27)24-14-22-21(6-4-7-23(22)34-24)26(33)30-20-8-9-20;;;/h4,6-7,14-15,17,19-20H,5,8-13,16H2,1-3H3,(H,30,33)(H,28,29,31);3*1H/t19-;;;/m0.../s1. The minimum Gasteiger partial charge on any atom is -0.354 e. The molecule has 1 atom stereocenters. The second-order valence-electron chi connectivity index (χ2n) is 10.2. The zero-order chi connectivity index (χ0) is 23.7. The number of amides is 1. The summed E-state index contributed by atoms with van der Waals surface area (Å²) >= 11 is 1.68. The van der Waals surface area contributed by atoms with Crippen LogP contribution in [-0.2, 0) is 0 Å². The molecule has 0 unspecified atom stereocenters. The molecule has 1 saturated carbocycles. The van der Waals surface area contributed by atoms with Gasteiger partial charge < -0.3 is 15.5 Å². The first-order chi connectivity index (χ1) is 16.5. The first-order valence-electron chi connectivity index (χ1n) is 12.6. The van der Waals surface area contributed by atoms with Crippen molar-refractivity contribution in [1.82, 2.24) is 20.2 Å². The van der Waals surface area contributed by atoms with E-state index < -0.39 is 0 Å². The van der Waals surface area contributed by atoms with E-state index >= 15 is 0 Å². The number of rotatable bonds is 9. The topological polar surface area (TPSA) is 70.2 Å². The first-order valence-corrected chi connectivity index (χ1v) is 13.4. The fraction of sp³-hybridized carbons (Fsp3) is 0.519. The lowest BCUT2D eigenvalue weighted by molar-refractivity contribution is 0.0952. The maximum Gasteiger partial charge on any atom is 0.252 e. The van der Waals surface area contributed by atoms with Crippen LogP contribution in [0, 0.1) is 18.8 Å². The molecule has 2 aromatic heterocycles. The third-order valence-electron chi connectivity index (χ3n) is 7.11. The predicted octanol–water partition coefficient (Wildman–Crippen LogP) is 6.60. The lowest BCUT2D eigenvalue weighted by Gasteiger charge is -2.17. The zero-order valence-electron chi connectivity index (χ0n) is 21.7. The summed E-state index contributed by atoms with van der Waals surface area (Å²) in [5.41, 5.74) is 2.73. The Hall–Kier alpha value is -1.64. The molecule has 0 radical (unpaired) electrons. The summed E-state index contributed by atoms with van der Waals surface area (Å²) in [4.78, 5) is 25.7. The molecular formula is C27H38Cl3N5OS. The van der Waals surface area contributed by atoms with Crippen LogP contribution in [0.3, 0.4) is 0 Å². The smallest absolute Gasteiger partial charge is 0.252 e. The van der Waals surface area contributed by atoms with Crippen LogP contribution in [0.5, 0.6) is 0 Å². The van der Waals surface area contributed by atoms with Gasteiger partial charge in [0.15, 0.2) is 0 Å². The third-order valence-corrected chi connectivity index (χ3v) is 8.22. The van der Waals surface area contributed by atoms with Gasteiger partial charge in [-0.25, -0.2) is 9.97 Å². The molecule has 0 spiro atoms. The molecule has 204 valence electrons. The summed E-state index contributed by atoms with van der Waals surface area (Å²) in [5.74, 6) is 2.32. The average molecular weight is 587 g/mol. The van der Waals surface area contributed by atoms with Crippen molar-refractivity contribution in [2.45, 2.75) is 52.5 Å². The van der Waals surface area contributed by atoms with E-state index in [1.54, 1.807) is 11.3 Å². The molecule has 3 heterocycles. The van der Waals surface area contributed by atoms with E-state index in [1.807, 2.05) is 25.3 Å². The number of aromatic nitrogens is 2. The summed E-state index contributed by atoms with van der Waals surface area (Å²) in [6.07, 6.45) is 6.48. The number of nitrogens with zero attached hydrogens (tertiary/aromatic N) is 3. The second kappa shape index (κ2) is 13.9. The lowest BCUT2D eigenvalue weighted by atomic mass is 9.95. The van der Waals surface area contributed by atoms with Gasteiger partial charge in [0.2, 0.25) is 5.95 Å². The van der Waals surface area contributed by atoms with Gasteiger partial charge in [-0.2, -0.15) is 0 Å². The molecule has 1 aromatic carbocycles. The number of carbonyl (C=O) groups is 1. The van der Waals surface area contributed by atoms with Gasteiger partial charge in [-0.3, -0.25) is 4.79 Å². The molecule has 6 nitrogen and oxygen atoms in total. The number of anilines is 1. The highest BCUT2D eigenvalue weighted by atomic mass is 35.5. The van der Waals surface area contributed by atoms with Crippen molar-refractivity contribution >= 4 is 70.5 Å². The number of hydrogen-bond acceptors (Lipinski definition) is 6.